The molecule has 14 N–H and O–H groups in total. The average molecular weight is 1080 g/mol. The molecular formula is C51H84O24. The number of hydrogen-bond donors (Lipinski definition) is 14. The molecule has 0 aromatic heterocycles. The molecule has 6 heterocycles. The molecule has 4 saturated carbocycles. The van der Waals surface area contributed by atoms with E-state index in [0.29, 0.717) is 48.9 Å². The predicted octanol–water partition coefficient (Wildman–Crippen LogP) is -3.94. The average Bonchev–Trinajstić information content (AvgIpc) is 3.90. The summed E-state index contributed by atoms with van der Waals surface area (Å²) in [6.07, 6.45) is -29.1. The van der Waals surface area contributed by atoms with Crippen molar-refractivity contribution in [3.05, 3.63) is 0 Å². The topological polar surface area (TPSA) is 376 Å². The van der Waals surface area contributed by atoms with Gasteiger partial charge in [0.05, 0.1) is 51.3 Å². The summed E-state index contributed by atoms with van der Waals surface area (Å²) < 4.78 is 60.5. The van der Waals surface area contributed by atoms with Crippen molar-refractivity contribution < 1.29 is 119 Å². The SMILES string of the molecule is CC1CCC2(OC1)OC1CC3C4CC(O)C5CC(OC6OC(CO)C(OC7OC(CO)C(O)C(OC8OC(CO)C(O)C(O)C8OC8OC(CO)C(O)C(O)C8O)C7O)C(O)C6O)CCC5(C)C4CCC3(C)C1C2C. The van der Waals surface area contributed by atoms with Gasteiger partial charge in [-0.1, -0.05) is 27.7 Å². The van der Waals surface area contributed by atoms with Gasteiger partial charge in [-0.2, -0.15) is 0 Å². The van der Waals surface area contributed by atoms with Gasteiger partial charge in [-0.3, -0.25) is 0 Å². The lowest BCUT2D eigenvalue weighted by molar-refractivity contribution is -0.397. The van der Waals surface area contributed by atoms with Crippen molar-refractivity contribution in [3.63, 3.8) is 0 Å². The first-order valence-corrected chi connectivity index (χ1v) is 27.4. The Morgan fingerprint density at radius 2 is 1.01 bits per heavy atom. The van der Waals surface area contributed by atoms with E-state index in [1.807, 2.05) is 0 Å². The van der Waals surface area contributed by atoms with Gasteiger partial charge in [0.25, 0.3) is 0 Å². The van der Waals surface area contributed by atoms with Crippen molar-refractivity contribution in [1.82, 2.24) is 0 Å². The normalized spacial score (nSPS) is 58.0. The van der Waals surface area contributed by atoms with E-state index in [1.165, 1.54) is 0 Å². The molecule has 33 atom stereocenters. The minimum atomic E-state index is -2.07. The van der Waals surface area contributed by atoms with E-state index in [-0.39, 0.29) is 28.8 Å². The Hall–Kier alpha value is -0.960. The zero-order valence-electron chi connectivity index (χ0n) is 43.1. The Bertz CT molecular complexity index is 1910. The number of hydrogen-bond acceptors (Lipinski definition) is 24. The molecule has 24 nitrogen and oxygen atoms in total. The van der Waals surface area contributed by atoms with Crippen molar-refractivity contribution in [2.24, 2.45) is 52.3 Å². The van der Waals surface area contributed by atoms with E-state index in [2.05, 4.69) is 27.7 Å². The maximum atomic E-state index is 12.1. The van der Waals surface area contributed by atoms with E-state index < -0.39 is 167 Å². The van der Waals surface area contributed by atoms with Gasteiger partial charge < -0.3 is 119 Å². The first-order valence-electron chi connectivity index (χ1n) is 27.4. The number of fused-ring (bicyclic) bond motifs is 7. The van der Waals surface area contributed by atoms with Crippen LogP contribution in [0.4, 0.5) is 0 Å². The molecule has 0 radical (unpaired) electrons. The van der Waals surface area contributed by atoms with Crippen LogP contribution in [0.2, 0.25) is 0 Å². The van der Waals surface area contributed by atoms with Gasteiger partial charge in [-0.25, -0.2) is 0 Å². The lowest BCUT2D eigenvalue weighted by Crippen LogP contribution is -2.68. The van der Waals surface area contributed by atoms with Crippen LogP contribution in [-0.4, -0.2) is 251 Å². The van der Waals surface area contributed by atoms with Crippen LogP contribution in [0.1, 0.15) is 85.5 Å². The van der Waals surface area contributed by atoms with Gasteiger partial charge in [-0.15, -0.1) is 0 Å². The molecule has 0 amide bonds. The summed E-state index contributed by atoms with van der Waals surface area (Å²) in [6.45, 7) is 6.65. The highest BCUT2D eigenvalue weighted by Crippen LogP contribution is 2.71. The number of aliphatic hydroxyl groups is 14. The third-order valence-electron chi connectivity index (χ3n) is 20.4. The van der Waals surface area contributed by atoms with E-state index in [1.54, 1.807) is 0 Å². The van der Waals surface area contributed by atoms with Crippen molar-refractivity contribution in [1.29, 1.82) is 0 Å². The molecule has 1 spiro atoms. The van der Waals surface area contributed by atoms with E-state index in [4.69, 9.17) is 47.4 Å². The summed E-state index contributed by atoms with van der Waals surface area (Å²) in [4.78, 5) is 0. The van der Waals surface area contributed by atoms with Crippen molar-refractivity contribution in [2.75, 3.05) is 33.0 Å². The monoisotopic (exact) mass is 1080 g/mol. The van der Waals surface area contributed by atoms with Crippen LogP contribution in [0.15, 0.2) is 0 Å². The molecule has 4 aliphatic carbocycles. The van der Waals surface area contributed by atoms with E-state index in [0.717, 1.165) is 45.1 Å². The second-order valence-corrected chi connectivity index (χ2v) is 24.5. The van der Waals surface area contributed by atoms with Crippen LogP contribution in [0.25, 0.3) is 0 Å². The number of ether oxygens (including phenoxy) is 10. The lowest BCUT2D eigenvalue weighted by atomic mass is 9.43. The molecule has 6 saturated heterocycles. The zero-order valence-corrected chi connectivity index (χ0v) is 43.1. The van der Waals surface area contributed by atoms with Crippen molar-refractivity contribution >= 4 is 0 Å². The Morgan fingerprint density at radius 3 is 1.67 bits per heavy atom. The maximum absolute atomic E-state index is 12.1. The molecule has 10 rings (SSSR count). The molecule has 10 aliphatic rings. The third kappa shape index (κ3) is 9.79. The van der Waals surface area contributed by atoms with Gasteiger partial charge in [0.15, 0.2) is 30.9 Å². The smallest absolute Gasteiger partial charge is 0.187 e. The van der Waals surface area contributed by atoms with Gasteiger partial charge in [0, 0.05) is 12.3 Å². The summed E-state index contributed by atoms with van der Waals surface area (Å²) in [6, 6.07) is 0. The van der Waals surface area contributed by atoms with Crippen LogP contribution in [0.3, 0.4) is 0 Å². The van der Waals surface area contributed by atoms with Crippen LogP contribution in [0.5, 0.6) is 0 Å². The van der Waals surface area contributed by atoms with Crippen LogP contribution in [0, 0.1) is 52.3 Å². The number of aliphatic hydroxyl groups excluding tert-OH is 14. The predicted molar refractivity (Wildman–Crippen MR) is 250 cm³/mol. The summed E-state index contributed by atoms with van der Waals surface area (Å²) in [7, 11) is 0. The number of rotatable bonds is 12. The second kappa shape index (κ2) is 22.1. The quantitative estimate of drug-likeness (QED) is 0.0830. The molecule has 10 fully saturated rings. The highest BCUT2D eigenvalue weighted by Gasteiger charge is 2.70. The molecule has 6 aliphatic heterocycles. The molecule has 0 aromatic carbocycles. The fourth-order valence-corrected chi connectivity index (χ4v) is 16.2. The minimum Gasteiger partial charge on any atom is -0.394 e. The highest BCUT2D eigenvalue weighted by atomic mass is 16.8. The molecule has 432 valence electrons. The summed E-state index contributed by atoms with van der Waals surface area (Å²) in [5.41, 5.74) is -0.101. The van der Waals surface area contributed by atoms with Crippen LogP contribution in [-0.2, 0) is 47.4 Å². The van der Waals surface area contributed by atoms with Crippen molar-refractivity contribution in [3.8, 4) is 0 Å². The van der Waals surface area contributed by atoms with Gasteiger partial charge in [0.1, 0.15) is 97.7 Å². The molecule has 0 aromatic rings. The summed E-state index contributed by atoms with van der Waals surface area (Å²) >= 11 is 0. The standard InChI is InChI=1S/C51H84O24/c1-19-5-10-51(66-18-19)20(2)32-27(75-51)13-24-22-12-26(56)25-11-21(6-8-49(25,3)23(22)7-9-50(24,32)4)67-45-40(64)38(62)42(31(17-55)71-45)72-47-41(65)43(35(59)30(16-54)69-47)73-48-44(37(61)34(58)29(15-53)70-48)74-46-39(63)36(60)33(57)28(14-52)68-46/h19-48,52-65H,5-18H2,1-4H3. The molecule has 0 bridgehead atoms. The van der Waals surface area contributed by atoms with Crippen LogP contribution >= 0.6 is 0 Å². The highest BCUT2D eigenvalue weighted by molar-refractivity contribution is 5.16. The minimum absolute atomic E-state index is 0.0786. The first-order chi connectivity index (χ1) is 35.6. The Labute approximate surface area is 435 Å². The molecule has 24 heteroatoms. The van der Waals surface area contributed by atoms with Gasteiger partial charge in [-0.05, 0) is 97.7 Å². The van der Waals surface area contributed by atoms with Gasteiger partial charge >= 0.3 is 0 Å². The Balaban J connectivity index is 0.782. The summed E-state index contributed by atoms with van der Waals surface area (Å²) in [5, 5.41) is 152. The van der Waals surface area contributed by atoms with Crippen molar-refractivity contribution in [2.45, 2.75) is 232 Å². The molecular weight excluding hydrogens is 997 g/mol. The maximum Gasteiger partial charge on any atom is 0.187 e. The lowest BCUT2D eigenvalue weighted by Gasteiger charge is -2.62. The third-order valence-corrected chi connectivity index (χ3v) is 20.4. The fourth-order valence-electron chi connectivity index (χ4n) is 16.2. The second-order valence-electron chi connectivity index (χ2n) is 24.5. The Kier molecular flexibility index (Phi) is 16.9. The summed E-state index contributed by atoms with van der Waals surface area (Å²) in [5.74, 6) is 1.74. The zero-order chi connectivity index (χ0) is 53.8. The molecule has 33 unspecified atom stereocenters. The first kappa shape index (κ1) is 57.3. The van der Waals surface area contributed by atoms with E-state index in [9.17, 15) is 71.5 Å². The Morgan fingerprint density at radius 1 is 0.467 bits per heavy atom. The largest absolute Gasteiger partial charge is 0.394 e. The van der Waals surface area contributed by atoms with Crippen LogP contribution < -0.4 is 0 Å². The van der Waals surface area contributed by atoms with Gasteiger partial charge in [0.2, 0.25) is 0 Å². The molecule has 75 heavy (non-hydrogen) atoms. The fraction of sp³-hybridized carbons (Fsp3) is 1.00. The van der Waals surface area contributed by atoms with E-state index >= 15 is 0 Å².